The summed E-state index contributed by atoms with van der Waals surface area (Å²) in [6.07, 6.45) is 1.81. The molecule has 0 atom stereocenters. The van der Waals surface area contributed by atoms with Crippen LogP contribution in [0.2, 0.25) is 0 Å². The summed E-state index contributed by atoms with van der Waals surface area (Å²) in [6, 6.07) is 4.24. The Balaban J connectivity index is 2.98. The topological polar surface area (TPSA) is 15.8 Å². The van der Waals surface area contributed by atoms with E-state index in [9.17, 15) is 4.39 Å². The lowest BCUT2D eigenvalue weighted by atomic mass is 10.1. The average molecular weight is 162 g/mol. The van der Waals surface area contributed by atoms with Crippen molar-refractivity contribution in [2.45, 2.75) is 13.8 Å². The van der Waals surface area contributed by atoms with Gasteiger partial charge in [0.1, 0.15) is 5.82 Å². The molecule has 0 saturated carbocycles. The highest BCUT2D eigenvalue weighted by molar-refractivity contribution is 5.86. The Hall–Kier alpha value is -1.31. The number of aryl methyl sites for hydroxylation is 2. The average Bonchev–Trinajstić information content (AvgIpc) is 2.42. The quantitative estimate of drug-likeness (QED) is 0.613. The molecule has 2 heteroatoms. The van der Waals surface area contributed by atoms with Crippen LogP contribution in [0.1, 0.15) is 11.1 Å². The Morgan fingerprint density at radius 1 is 1.42 bits per heavy atom. The van der Waals surface area contributed by atoms with E-state index in [-0.39, 0.29) is 5.82 Å². The van der Waals surface area contributed by atoms with Crippen LogP contribution in [-0.4, -0.2) is 4.98 Å². The number of hydrogen-bond acceptors (Lipinski definition) is 0. The van der Waals surface area contributed by atoms with Crippen molar-refractivity contribution in [1.82, 2.24) is 4.98 Å². The van der Waals surface area contributed by atoms with Crippen molar-refractivity contribution in [3.8, 4) is 0 Å². The summed E-state index contributed by atoms with van der Waals surface area (Å²) in [7, 11) is 0. The van der Waals surface area contributed by atoms with Crippen molar-refractivity contribution in [2.24, 2.45) is 0 Å². The Morgan fingerprint density at radius 2 is 2.17 bits per heavy atom. The zero-order valence-electron chi connectivity index (χ0n) is 7.03. The van der Waals surface area contributed by atoms with Gasteiger partial charge in [-0.1, -0.05) is 0 Å². The maximum Gasteiger partial charge on any atom is 0.147 e. The normalized spacial score (nSPS) is 10.9. The molecule has 0 aliphatic heterocycles. The van der Waals surface area contributed by atoms with Gasteiger partial charge in [0, 0.05) is 11.6 Å². The molecule has 0 aliphatic carbocycles. The monoisotopic (exact) mass is 162 g/mol. The molecule has 1 aromatic carbocycles. The zero-order chi connectivity index (χ0) is 8.72. The fourth-order valence-electron chi connectivity index (χ4n) is 1.51. The molecule has 1 N–H and O–H groups in total. The summed E-state index contributed by atoms with van der Waals surface area (Å²) in [6.45, 7) is 3.89. The van der Waals surface area contributed by atoms with Crippen LogP contribution >= 0.6 is 0 Å². The van der Waals surface area contributed by atoms with Crippen LogP contribution in [0.15, 0.2) is 12.3 Å². The number of halogens is 1. The first kappa shape index (κ1) is 7.35. The molecule has 2 rings (SSSR count). The first-order chi connectivity index (χ1) is 5.70. The lowest BCUT2D eigenvalue weighted by Gasteiger charge is -1.97. The first-order valence-electron chi connectivity index (χ1n) is 3.84. The third kappa shape index (κ3) is 0.843. The summed E-state index contributed by atoms with van der Waals surface area (Å²) < 4.78 is 13.1. The van der Waals surface area contributed by atoms with Crippen LogP contribution in [0.5, 0.6) is 0 Å². The third-order valence-corrected chi connectivity index (χ3v) is 2.11. The van der Waals surface area contributed by atoms with Gasteiger partial charge in [0.25, 0.3) is 0 Å². The molecule has 12 heavy (non-hydrogen) atoms. The van der Waals surface area contributed by atoms with Crippen LogP contribution in [0, 0.1) is 25.7 Å². The summed E-state index contributed by atoms with van der Waals surface area (Å²) in [5, 5.41) is 0.954. The molecule has 0 fully saturated rings. The van der Waals surface area contributed by atoms with Crippen molar-refractivity contribution >= 4 is 10.9 Å². The van der Waals surface area contributed by atoms with E-state index in [1.807, 2.05) is 20.0 Å². The van der Waals surface area contributed by atoms with Crippen LogP contribution in [0.3, 0.4) is 0 Å². The van der Waals surface area contributed by atoms with Gasteiger partial charge in [0.2, 0.25) is 0 Å². The van der Waals surface area contributed by atoms with E-state index in [0.29, 0.717) is 5.52 Å². The molecule has 0 saturated heterocycles. The Bertz CT molecular complexity index is 429. The van der Waals surface area contributed by atoms with E-state index in [2.05, 4.69) is 11.1 Å². The van der Waals surface area contributed by atoms with Gasteiger partial charge in [0.05, 0.1) is 5.52 Å². The van der Waals surface area contributed by atoms with Crippen molar-refractivity contribution < 1.29 is 4.39 Å². The molecule has 0 amide bonds. The Morgan fingerprint density at radius 3 is 2.83 bits per heavy atom. The fourth-order valence-corrected chi connectivity index (χ4v) is 1.51. The number of hydrogen-bond donors (Lipinski definition) is 1. The minimum absolute atomic E-state index is 0.233. The molecule has 0 unspecified atom stereocenters. The van der Waals surface area contributed by atoms with E-state index in [1.54, 1.807) is 0 Å². The van der Waals surface area contributed by atoms with E-state index >= 15 is 0 Å². The van der Waals surface area contributed by atoms with Gasteiger partial charge < -0.3 is 4.98 Å². The molecule has 0 spiro atoms. The second-order valence-corrected chi connectivity index (χ2v) is 2.98. The van der Waals surface area contributed by atoms with Crippen molar-refractivity contribution in [2.75, 3.05) is 0 Å². The Labute approximate surface area is 70.2 Å². The highest BCUT2D eigenvalue weighted by Crippen LogP contribution is 2.23. The number of H-pyrrole nitrogens is 1. The predicted octanol–water partition coefficient (Wildman–Crippen LogP) is 2.72. The smallest absolute Gasteiger partial charge is 0.147 e. The van der Waals surface area contributed by atoms with E-state index < -0.39 is 0 Å². The third-order valence-electron chi connectivity index (χ3n) is 2.11. The lowest BCUT2D eigenvalue weighted by Crippen LogP contribution is -1.81. The summed E-state index contributed by atoms with van der Waals surface area (Å²) >= 11 is 0. The van der Waals surface area contributed by atoms with Crippen molar-refractivity contribution in [1.29, 1.82) is 0 Å². The van der Waals surface area contributed by atoms with Gasteiger partial charge in [0.15, 0.2) is 0 Å². The van der Waals surface area contributed by atoms with Crippen LogP contribution < -0.4 is 0 Å². The molecular weight excluding hydrogens is 153 g/mol. The highest BCUT2D eigenvalue weighted by Gasteiger charge is 2.06. The number of nitrogens with one attached hydrogen (secondary N) is 1. The number of benzene rings is 1. The van der Waals surface area contributed by atoms with E-state index in [4.69, 9.17) is 0 Å². The van der Waals surface area contributed by atoms with Gasteiger partial charge in [-0.15, -0.1) is 0 Å². The second kappa shape index (κ2) is 2.34. The molecule has 2 aromatic rings. The standard InChI is InChI=1S/C10H9FN/c1-6-3-4-8(11)10-9(6)7(2)5-12-10/h4-5,12H,1-2H3. The van der Waals surface area contributed by atoms with Crippen LogP contribution in [0.25, 0.3) is 10.9 Å². The molecule has 0 aliphatic rings. The number of rotatable bonds is 0. The van der Waals surface area contributed by atoms with Crippen molar-refractivity contribution in [3.05, 3.63) is 35.3 Å². The van der Waals surface area contributed by atoms with Gasteiger partial charge in [-0.2, -0.15) is 0 Å². The molecule has 1 heterocycles. The Kier molecular flexibility index (Phi) is 1.43. The molecule has 0 bridgehead atoms. The molecule has 1 aromatic heterocycles. The summed E-state index contributed by atoms with van der Waals surface area (Å²) in [5.74, 6) is -0.233. The zero-order valence-corrected chi connectivity index (χ0v) is 7.03. The molecular formula is C10H9FN. The summed E-state index contributed by atoms with van der Waals surface area (Å²) in [5.41, 5.74) is 2.65. The van der Waals surface area contributed by atoms with Crippen LogP contribution in [-0.2, 0) is 0 Å². The van der Waals surface area contributed by atoms with Crippen molar-refractivity contribution in [3.63, 3.8) is 0 Å². The minimum atomic E-state index is -0.233. The maximum atomic E-state index is 13.1. The van der Waals surface area contributed by atoms with Crippen LogP contribution in [0.4, 0.5) is 4.39 Å². The van der Waals surface area contributed by atoms with E-state index in [1.165, 1.54) is 6.07 Å². The predicted molar refractivity (Wildman–Crippen MR) is 46.6 cm³/mol. The molecule has 61 valence electrons. The minimum Gasteiger partial charge on any atom is -0.359 e. The number of aromatic nitrogens is 1. The second-order valence-electron chi connectivity index (χ2n) is 2.98. The van der Waals surface area contributed by atoms with E-state index in [0.717, 1.165) is 16.5 Å². The molecule has 1 radical (unpaired) electrons. The highest BCUT2D eigenvalue weighted by atomic mass is 19.1. The van der Waals surface area contributed by atoms with Gasteiger partial charge in [-0.05, 0) is 37.1 Å². The van der Waals surface area contributed by atoms with Gasteiger partial charge >= 0.3 is 0 Å². The SMILES string of the molecule is Cc1[c]cc(F)c2[nH]cc(C)c12. The van der Waals surface area contributed by atoms with Gasteiger partial charge in [-0.3, -0.25) is 0 Å². The number of aromatic amines is 1. The maximum absolute atomic E-state index is 13.1. The van der Waals surface area contributed by atoms with Gasteiger partial charge in [-0.25, -0.2) is 4.39 Å². The molecule has 1 nitrogen and oxygen atoms in total. The number of fused-ring (bicyclic) bond motifs is 1. The first-order valence-corrected chi connectivity index (χ1v) is 3.84. The summed E-state index contributed by atoms with van der Waals surface area (Å²) in [4.78, 5) is 2.90. The fraction of sp³-hybridized carbons (Fsp3) is 0.200. The lowest BCUT2D eigenvalue weighted by molar-refractivity contribution is 0.637. The largest absolute Gasteiger partial charge is 0.359 e.